The predicted octanol–water partition coefficient (Wildman–Crippen LogP) is 2.43. The molecule has 1 fully saturated rings. The molecule has 0 aromatic carbocycles. The van der Waals surface area contributed by atoms with Crippen LogP contribution in [0.3, 0.4) is 0 Å². The van der Waals surface area contributed by atoms with Crippen LogP contribution < -0.4 is 0 Å². The third-order valence-corrected chi connectivity index (χ3v) is 3.34. The van der Waals surface area contributed by atoms with Gasteiger partial charge in [0.1, 0.15) is 0 Å². The molecule has 1 heterocycles. The van der Waals surface area contributed by atoms with Crippen molar-refractivity contribution in [2.24, 2.45) is 0 Å². The molecule has 0 saturated heterocycles. The summed E-state index contributed by atoms with van der Waals surface area (Å²) in [6.07, 6.45) is 4.40. The predicted molar refractivity (Wildman–Crippen MR) is 54.7 cm³/mol. The van der Waals surface area contributed by atoms with E-state index in [4.69, 9.17) is 5.11 Å². The Balaban J connectivity index is 1.88. The molecule has 0 atom stereocenters. The van der Waals surface area contributed by atoms with E-state index in [1.165, 1.54) is 23.4 Å². The lowest BCUT2D eigenvalue weighted by Gasteiger charge is -1.98. The second-order valence-electron chi connectivity index (χ2n) is 3.68. The number of aryl methyl sites for hydroxylation is 1. The number of carboxylic acids is 1. The molecule has 1 aliphatic carbocycles. The van der Waals surface area contributed by atoms with Crippen molar-refractivity contribution in [1.82, 2.24) is 4.98 Å². The van der Waals surface area contributed by atoms with Crippen molar-refractivity contribution in [3.8, 4) is 0 Å². The standard InChI is InChI=1S/C10H13NO2S/c12-9(13)3-1-2-8-10(7-4-5-7)11-6-14-8/h6-7H,1-5H2,(H,12,13). The molecule has 14 heavy (non-hydrogen) atoms. The van der Waals surface area contributed by atoms with Crippen LogP contribution in [0.25, 0.3) is 0 Å². The first-order valence-corrected chi connectivity index (χ1v) is 5.79. The lowest BCUT2D eigenvalue weighted by atomic mass is 10.1. The summed E-state index contributed by atoms with van der Waals surface area (Å²) in [7, 11) is 0. The van der Waals surface area contributed by atoms with Crippen LogP contribution in [-0.2, 0) is 11.2 Å². The highest BCUT2D eigenvalue weighted by molar-refractivity contribution is 7.09. The maximum atomic E-state index is 10.3. The summed E-state index contributed by atoms with van der Waals surface area (Å²) in [5.74, 6) is -0.0245. The summed E-state index contributed by atoms with van der Waals surface area (Å²) in [6.45, 7) is 0. The van der Waals surface area contributed by atoms with Crippen LogP contribution >= 0.6 is 11.3 Å². The van der Waals surface area contributed by atoms with Gasteiger partial charge in [-0.3, -0.25) is 4.79 Å². The lowest BCUT2D eigenvalue weighted by molar-refractivity contribution is -0.137. The van der Waals surface area contributed by atoms with Gasteiger partial charge in [-0.25, -0.2) is 4.98 Å². The number of hydrogen-bond acceptors (Lipinski definition) is 3. The van der Waals surface area contributed by atoms with Gasteiger partial charge in [-0.15, -0.1) is 11.3 Å². The molecule has 0 bridgehead atoms. The van der Waals surface area contributed by atoms with Gasteiger partial charge < -0.3 is 5.11 Å². The summed E-state index contributed by atoms with van der Waals surface area (Å²) in [6, 6.07) is 0. The zero-order chi connectivity index (χ0) is 9.97. The van der Waals surface area contributed by atoms with Crippen molar-refractivity contribution in [3.63, 3.8) is 0 Å². The second-order valence-corrected chi connectivity index (χ2v) is 4.62. The van der Waals surface area contributed by atoms with E-state index in [0.29, 0.717) is 5.92 Å². The maximum absolute atomic E-state index is 10.3. The minimum Gasteiger partial charge on any atom is -0.481 e. The Morgan fingerprint density at radius 2 is 2.43 bits per heavy atom. The second kappa shape index (κ2) is 4.09. The normalized spacial score (nSPS) is 15.7. The van der Waals surface area contributed by atoms with Crippen LogP contribution in [-0.4, -0.2) is 16.1 Å². The van der Waals surface area contributed by atoms with Gasteiger partial charge in [0.05, 0.1) is 11.2 Å². The van der Waals surface area contributed by atoms with Crippen LogP contribution in [0.4, 0.5) is 0 Å². The van der Waals surface area contributed by atoms with Gasteiger partial charge in [0, 0.05) is 17.2 Å². The summed E-state index contributed by atoms with van der Waals surface area (Å²) in [4.78, 5) is 16.0. The Morgan fingerprint density at radius 3 is 3.07 bits per heavy atom. The van der Waals surface area contributed by atoms with Crippen LogP contribution in [0.5, 0.6) is 0 Å². The molecule has 3 nitrogen and oxygen atoms in total. The molecule has 1 saturated carbocycles. The minimum absolute atomic E-state index is 0.266. The van der Waals surface area contributed by atoms with E-state index >= 15 is 0 Å². The van der Waals surface area contributed by atoms with Crippen LogP contribution in [0.2, 0.25) is 0 Å². The zero-order valence-corrected chi connectivity index (χ0v) is 8.72. The Morgan fingerprint density at radius 1 is 1.64 bits per heavy atom. The summed E-state index contributed by atoms with van der Waals surface area (Å²) < 4.78 is 0. The van der Waals surface area contributed by atoms with E-state index in [2.05, 4.69) is 4.98 Å². The third kappa shape index (κ3) is 2.32. The molecule has 0 unspecified atom stereocenters. The SMILES string of the molecule is O=C(O)CCCc1scnc1C1CC1. The number of hydrogen-bond donors (Lipinski definition) is 1. The summed E-state index contributed by atoms with van der Waals surface area (Å²) >= 11 is 1.67. The van der Waals surface area contributed by atoms with E-state index in [9.17, 15) is 4.79 Å². The van der Waals surface area contributed by atoms with Gasteiger partial charge in [-0.1, -0.05) is 0 Å². The van der Waals surface area contributed by atoms with Crippen molar-refractivity contribution in [2.45, 2.75) is 38.0 Å². The summed E-state index contributed by atoms with van der Waals surface area (Å²) in [5.41, 5.74) is 3.12. The fourth-order valence-electron chi connectivity index (χ4n) is 1.56. The number of aliphatic carboxylic acids is 1. The fourth-order valence-corrected chi connectivity index (χ4v) is 2.45. The Kier molecular flexibility index (Phi) is 2.82. The first kappa shape index (κ1) is 9.65. The average Bonchev–Trinajstić information content (AvgIpc) is 2.87. The first-order chi connectivity index (χ1) is 6.77. The topological polar surface area (TPSA) is 50.2 Å². The molecular formula is C10H13NO2S. The van der Waals surface area contributed by atoms with Gasteiger partial charge in [0.25, 0.3) is 0 Å². The number of aromatic nitrogens is 1. The molecule has 4 heteroatoms. The molecule has 0 amide bonds. The Labute approximate surface area is 86.8 Å². The molecule has 1 aliphatic rings. The van der Waals surface area contributed by atoms with E-state index in [1.54, 1.807) is 11.3 Å². The van der Waals surface area contributed by atoms with Gasteiger partial charge in [-0.05, 0) is 25.7 Å². The lowest BCUT2D eigenvalue weighted by Crippen LogP contribution is -1.96. The van der Waals surface area contributed by atoms with Crippen molar-refractivity contribution in [1.29, 1.82) is 0 Å². The zero-order valence-electron chi connectivity index (χ0n) is 7.90. The maximum Gasteiger partial charge on any atom is 0.303 e. The summed E-state index contributed by atoms with van der Waals surface area (Å²) in [5, 5.41) is 8.52. The number of nitrogens with zero attached hydrogens (tertiary/aromatic N) is 1. The molecule has 1 N–H and O–H groups in total. The van der Waals surface area contributed by atoms with E-state index in [-0.39, 0.29) is 6.42 Å². The fraction of sp³-hybridized carbons (Fsp3) is 0.600. The monoisotopic (exact) mass is 211 g/mol. The molecule has 0 radical (unpaired) electrons. The molecule has 2 rings (SSSR count). The molecule has 1 aromatic rings. The van der Waals surface area contributed by atoms with E-state index in [0.717, 1.165) is 12.8 Å². The number of carbonyl (C=O) groups is 1. The van der Waals surface area contributed by atoms with Gasteiger partial charge >= 0.3 is 5.97 Å². The first-order valence-electron chi connectivity index (χ1n) is 4.91. The Hall–Kier alpha value is -0.900. The highest BCUT2D eigenvalue weighted by atomic mass is 32.1. The molecule has 0 spiro atoms. The van der Waals surface area contributed by atoms with Crippen molar-refractivity contribution in [3.05, 3.63) is 16.1 Å². The highest BCUT2D eigenvalue weighted by Gasteiger charge is 2.27. The van der Waals surface area contributed by atoms with Crippen molar-refractivity contribution < 1.29 is 9.90 Å². The van der Waals surface area contributed by atoms with Crippen LogP contribution in [0.15, 0.2) is 5.51 Å². The van der Waals surface area contributed by atoms with Crippen LogP contribution in [0, 0.1) is 0 Å². The minimum atomic E-state index is -0.706. The third-order valence-electron chi connectivity index (χ3n) is 2.43. The van der Waals surface area contributed by atoms with Crippen molar-refractivity contribution in [2.75, 3.05) is 0 Å². The van der Waals surface area contributed by atoms with Crippen molar-refractivity contribution >= 4 is 17.3 Å². The van der Waals surface area contributed by atoms with E-state index < -0.39 is 5.97 Å². The molecular weight excluding hydrogens is 198 g/mol. The quantitative estimate of drug-likeness (QED) is 0.813. The van der Waals surface area contributed by atoms with Crippen LogP contribution in [0.1, 0.15) is 42.2 Å². The molecule has 1 aromatic heterocycles. The van der Waals surface area contributed by atoms with Gasteiger partial charge in [0.2, 0.25) is 0 Å². The number of rotatable bonds is 5. The largest absolute Gasteiger partial charge is 0.481 e. The van der Waals surface area contributed by atoms with Gasteiger partial charge in [0.15, 0.2) is 0 Å². The average molecular weight is 211 g/mol. The molecule has 76 valence electrons. The number of thiazole rings is 1. The highest BCUT2D eigenvalue weighted by Crippen LogP contribution is 2.42. The van der Waals surface area contributed by atoms with E-state index in [1.807, 2.05) is 5.51 Å². The number of carboxylic acid groups (broad SMARTS) is 1. The molecule has 0 aliphatic heterocycles. The Bertz CT molecular complexity index is 331. The smallest absolute Gasteiger partial charge is 0.303 e. The van der Waals surface area contributed by atoms with Gasteiger partial charge in [-0.2, -0.15) is 0 Å².